The number of esters is 2. The molecule has 0 spiro atoms. The van der Waals surface area contributed by atoms with Crippen molar-refractivity contribution in [1.82, 2.24) is 0 Å². The Hall–Kier alpha value is -2.55. The Bertz CT molecular complexity index is 1180. The molecule has 0 aliphatic rings. The predicted octanol–water partition coefficient (Wildman–Crippen LogP) is 12.2. The smallest absolute Gasteiger partial charge is 0.462 e. The second-order valence-corrected chi connectivity index (χ2v) is 16.8. The molecule has 0 aliphatic heterocycles. The fourth-order valence-corrected chi connectivity index (χ4v) is 6.07. The van der Waals surface area contributed by atoms with E-state index in [0.717, 1.165) is 83.5 Å². The summed E-state index contributed by atoms with van der Waals surface area (Å²) in [5.74, 6) is -0.854. The molecular weight excluding hydrogens is 725 g/mol. The maximum Gasteiger partial charge on any atom is 0.472 e. The van der Waals surface area contributed by atoms with E-state index in [2.05, 4.69) is 86.8 Å². The number of phosphoric acid groups is 1. The van der Waals surface area contributed by atoms with Gasteiger partial charge in [0.2, 0.25) is 0 Å². The van der Waals surface area contributed by atoms with Crippen LogP contribution in [0, 0.1) is 0 Å². The number of quaternary nitrogens is 1. The van der Waals surface area contributed by atoms with Crippen LogP contribution < -0.4 is 0 Å². The third-order valence-electron chi connectivity index (χ3n) is 8.72. The minimum Gasteiger partial charge on any atom is -0.462 e. The highest BCUT2D eigenvalue weighted by molar-refractivity contribution is 7.47. The van der Waals surface area contributed by atoms with Crippen LogP contribution in [0.3, 0.4) is 0 Å². The standard InChI is InChI=1S/C46H80NO8P/c1-6-8-10-12-14-16-18-20-21-22-23-24-25-27-28-30-32-34-36-38-45(48)52-42-44(43-54-56(50,51)53-41-40-47(3,4)5)55-46(49)39-37-35-33-31-29-26-19-17-15-13-11-9-7-2/h8,10,14,16-17,19-21,23-24,27-28,44H,6-7,9,11-13,15,18,22,25-26,29-43H2,1-5H3/p+1/b10-8+,16-14+,19-17+,21-20+,24-23+,28-27+/t44-/m0/s1. The lowest BCUT2D eigenvalue weighted by Crippen LogP contribution is -2.37. The summed E-state index contributed by atoms with van der Waals surface area (Å²) >= 11 is 0. The Morgan fingerprint density at radius 1 is 0.571 bits per heavy atom. The van der Waals surface area contributed by atoms with Crippen molar-refractivity contribution in [3.05, 3.63) is 72.9 Å². The molecule has 1 unspecified atom stereocenters. The summed E-state index contributed by atoms with van der Waals surface area (Å²) in [6, 6.07) is 0. The zero-order chi connectivity index (χ0) is 41.4. The van der Waals surface area contributed by atoms with Crippen molar-refractivity contribution in [1.29, 1.82) is 0 Å². The molecule has 0 amide bonds. The number of allylic oxidation sites excluding steroid dienone is 12. The first-order valence-electron chi connectivity index (χ1n) is 21.7. The monoisotopic (exact) mass is 807 g/mol. The summed E-state index contributed by atoms with van der Waals surface area (Å²) in [4.78, 5) is 35.3. The van der Waals surface area contributed by atoms with Gasteiger partial charge in [0.25, 0.3) is 0 Å². The summed E-state index contributed by atoms with van der Waals surface area (Å²) in [7, 11) is 1.44. The van der Waals surface area contributed by atoms with Gasteiger partial charge in [0.1, 0.15) is 19.8 Å². The van der Waals surface area contributed by atoms with E-state index < -0.39 is 32.5 Å². The normalized spacial score (nSPS) is 14.3. The van der Waals surface area contributed by atoms with E-state index in [1.54, 1.807) is 0 Å². The molecule has 0 bridgehead atoms. The minimum absolute atomic E-state index is 0.0210. The van der Waals surface area contributed by atoms with Gasteiger partial charge in [-0.1, -0.05) is 132 Å². The molecule has 0 aromatic carbocycles. The van der Waals surface area contributed by atoms with Crippen molar-refractivity contribution >= 4 is 19.8 Å². The van der Waals surface area contributed by atoms with Gasteiger partial charge in [0, 0.05) is 12.8 Å². The minimum atomic E-state index is -4.39. The number of unbranched alkanes of at least 4 members (excludes halogenated alkanes) is 12. The summed E-state index contributed by atoms with van der Waals surface area (Å²) in [5, 5.41) is 0. The van der Waals surface area contributed by atoms with Crippen molar-refractivity contribution in [2.45, 2.75) is 161 Å². The highest BCUT2D eigenvalue weighted by atomic mass is 31.2. The van der Waals surface area contributed by atoms with Crippen LogP contribution in [0.15, 0.2) is 72.9 Å². The molecule has 10 heteroatoms. The lowest BCUT2D eigenvalue weighted by Gasteiger charge is -2.24. The van der Waals surface area contributed by atoms with Gasteiger partial charge in [-0.05, 0) is 83.5 Å². The van der Waals surface area contributed by atoms with Gasteiger partial charge in [-0.3, -0.25) is 18.6 Å². The Morgan fingerprint density at radius 3 is 1.55 bits per heavy atom. The maximum atomic E-state index is 12.7. The first-order chi connectivity index (χ1) is 27.0. The molecule has 0 aromatic heterocycles. The SMILES string of the molecule is CC/C=C/C/C=C/C/C=C/C/C=C/C/C=C/CCCCCC(=O)OC[C@@H](COP(=O)(O)OCC[N+](C)(C)C)OC(=O)CCCCCCC/C=C/CCCCCC. The number of carbonyl (C=O) groups is 2. The molecule has 0 aromatic rings. The second-order valence-electron chi connectivity index (χ2n) is 15.3. The maximum absolute atomic E-state index is 12.7. The molecule has 0 radical (unpaired) electrons. The Morgan fingerprint density at radius 2 is 1.02 bits per heavy atom. The molecule has 322 valence electrons. The first-order valence-corrected chi connectivity index (χ1v) is 23.2. The van der Waals surface area contributed by atoms with Gasteiger partial charge >= 0.3 is 19.8 Å². The van der Waals surface area contributed by atoms with E-state index in [4.69, 9.17) is 18.5 Å². The number of carbonyl (C=O) groups excluding carboxylic acids is 2. The van der Waals surface area contributed by atoms with Crippen LogP contribution in [0.1, 0.15) is 155 Å². The Kier molecular flexibility index (Phi) is 36.3. The zero-order valence-electron chi connectivity index (χ0n) is 36.1. The first kappa shape index (κ1) is 53.5. The molecule has 0 saturated carbocycles. The van der Waals surface area contributed by atoms with Gasteiger partial charge in [-0.2, -0.15) is 0 Å². The number of likely N-dealkylation sites (N-methyl/N-ethyl adjacent to an activating group) is 1. The average Bonchev–Trinajstić information content (AvgIpc) is 3.15. The van der Waals surface area contributed by atoms with E-state index in [1.807, 2.05) is 21.1 Å². The van der Waals surface area contributed by atoms with Gasteiger partial charge in [0.05, 0.1) is 27.7 Å². The summed E-state index contributed by atoms with van der Waals surface area (Å²) in [6.45, 7) is 4.22. The molecule has 0 fully saturated rings. The van der Waals surface area contributed by atoms with Crippen LogP contribution in [-0.2, 0) is 32.7 Å². The highest BCUT2D eigenvalue weighted by Gasteiger charge is 2.27. The quantitative estimate of drug-likeness (QED) is 0.0216. The van der Waals surface area contributed by atoms with E-state index in [1.165, 1.54) is 32.1 Å². The van der Waals surface area contributed by atoms with Crippen molar-refractivity contribution in [2.24, 2.45) is 0 Å². The van der Waals surface area contributed by atoms with E-state index in [9.17, 15) is 19.0 Å². The molecule has 0 heterocycles. The third kappa shape index (κ3) is 41.1. The van der Waals surface area contributed by atoms with Gasteiger partial charge in [0.15, 0.2) is 6.10 Å². The zero-order valence-corrected chi connectivity index (χ0v) is 37.0. The Balaban J connectivity index is 4.44. The molecule has 2 atom stereocenters. The number of ether oxygens (including phenoxy) is 2. The number of nitrogens with zero attached hydrogens (tertiary/aromatic N) is 1. The molecule has 56 heavy (non-hydrogen) atoms. The molecule has 0 saturated heterocycles. The lowest BCUT2D eigenvalue weighted by molar-refractivity contribution is -0.870. The summed E-state index contributed by atoms with van der Waals surface area (Å²) < 4.78 is 34.2. The van der Waals surface area contributed by atoms with E-state index >= 15 is 0 Å². The van der Waals surface area contributed by atoms with Crippen molar-refractivity contribution in [2.75, 3.05) is 47.5 Å². The van der Waals surface area contributed by atoms with E-state index in [0.29, 0.717) is 23.9 Å². The fraction of sp³-hybridized carbons (Fsp3) is 0.696. The number of hydrogen-bond acceptors (Lipinski definition) is 7. The summed E-state index contributed by atoms with van der Waals surface area (Å²) in [6.07, 6.45) is 46.6. The summed E-state index contributed by atoms with van der Waals surface area (Å²) in [5.41, 5.74) is 0. The molecular formula is C46H81NO8P+. The van der Waals surface area contributed by atoms with E-state index in [-0.39, 0.29) is 26.1 Å². The number of hydrogen-bond donors (Lipinski definition) is 1. The number of rotatable bonds is 38. The fourth-order valence-electron chi connectivity index (χ4n) is 5.33. The number of phosphoric ester groups is 1. The highest BCUT2D eigenvalue weighted by Crippen LogP contribution is 2.43. The van der Waals surface area contributed by atoms with Gasteiger partial charge < -0.3 is 18.9 Å². The predicted molar refractivity (Wildman–Crippen MR) is 233 cm³/mol. The van der Waals surface area contributed by atoms with Crippen LogP contribution in [-0.4, -0.2) is 74.9 Å². The van der Waals surface area contributed by atoms with Crippen LogP contribution in [0.4, 0.5) is 0 Å². The topological polar surface area (TPSA) is 108 Å². The van der Waals surface area contributed by atoms with Gasteiger partial charge in [-0.25, -0.2) is 4.57 Å². The van der Waals surface area contributed by atoms with Gasteiger partial charge in [-0.15, -0.1) is 0 Å². The van der Waals surface area contributed by atoms with Crippen molar-refractivity contribution in [3.63, 3.8) is 0 Å². The molecule has 0 rings (SSSR count). The second kappa shape index (κ2) is 38.0. The van der Waals surface area contributed by atoms with Crippen molar-refractivity contribution in [3.8, 4) is 0 Å². The largest absolute Gasteiger partial charge is 0.472 e. The van der Waals surface area contributed by atoms with Crippen LogP contribution in [0.2, 0.25) is 0 Å². The molecule has 0 aliphatic carbocycles. The molecule has 9 nitrogen and oxygen atoms in total. The van der Waals surface area contributed by atoms with Crippen LogP contribution in [0.5, 0.6) is 0 Å². The third-order valence-corrected chi connectivity index (χ3v) is 9.70. The molecule has 1 N–H and O–H groups in total. The average molecular weight is 807 g/mol. The lowest BCUT2D eigenvalue weighted by atomic mass is 10.1. The van der Waals surface area contributed by atoms with Crippen LogP contribution >= 0.6 is 7.82 Å². The van der Waals surface area contributed by atoms with Crippen LogP contribution in [0.25, 0.3) is 0 Å². The van der Waals surface area contributed by atoms with Crippen molar-refractivity contribution < 1.29 is 42.1 Å². The Labute approximate surface area is 342 Å².